The highest BCUT2D eigenvalue weighted by atomic mass is 16.5. The number of ether oxygens (including phenoxy) is 2. The molecule has 1 fully saturated rings. The Morgan fingerprint density at radius 1 is 1.09 bits per heavy atom. The number of methoxy groups -OCH3 is 1. The first-order valence-electron chi connectivity index (χ1n) is 7.81. The second kappa shape index (κ2) is 6.95. The molecule has 1 heterocycles. The summed E-state index contributed by atoms with van der Waals surface area (Å²) in [4.78, 5) is 2.49. The quantitative estimate of drug-likeness (QED) is 0.859. The minimum absolute atomic E-state index is 0.114. The van der Waals surface area contributed by atoms with Crippen LogP contribution in [0.4, 0.5) is 0 Å². The van der Waals surface area contributed by atoms with Crippen LogP contribution < -0.4 is 4.74 Å². The molecule has 2 unspecified atom stereocenters. The van der Waals surface area contributed by atoms with E-state index in [0.29, 0.717) is 6.04 Å². The van der Waals surface area contributed by atoms with Crippen LogP contribution in [0.5, 0.6) is 5.75 Å². The van der Waals surface area contributed by atoms with Crippen molar-refractivity contribution in [3.63, 3.8) is 0 Å². The fraction of sp³-hybridized carbons (Fsp3) is 0.368. The van der Waals surface area contributed by atoms with E-state index < -0.39 is 0 Å². The van der Waals surface area contributed by atoms with Crippen molar-refractivity contribution < 1.29 is 9.47 Å². The van der Waals surface area contributed by atoms with Gasteiger partial charge in [0.25, 0.3) is 0 Å². The Labute approximate surface area is 132 Å². The molecule has 0 amide bonds. The van der Waals surface area contributed by atoms with Crippen molar-refractivity contribution in [3.8, 4) is 5.75 Å². The summed E-state index contributed by atoms with van der Waals surface area (Å²) in [5, 5.41) is 0. The van der Waals surface area contributed by atoms with Crippen molar-refractivity contribution in [3.05, 3.63) is 65.7 Å². The van der Waals surface area contributed by atoms with Gasteiger partial charge in [0.15, 0.2) is 0 Å². The minimum Gasteiger partial charge on any atom is -0.497 e. The highest BCUT2D eigenvalue weighted by molar-refractivity contribution is 5.29. The van der Waals surface area contributed by atoms with E-state index in [1.54, 1.807) is 7.11 Å². The molecule has 2 atom stereocenters. The topological polar surface area (TPSA) is 21.7 Å². The van der Waals surface area contributed by atoms with Gasteiger partial charge in [0.2, 0.25) is 0 Å². The molecule has 3 nitrogen and oxygen atoms in total. The molecule has 0 N–H and O–H groups in total. The maximum Gasteiger partial charge on any atom is 0.118 e. The van der Waals surface area contributed by atoms with Crippen LogP contribution in [0.25, 0.3) is 0 Å². The van der Waals surface area contributed by atoms with Gasteiger partial charge in [-0.2, -0.15) is 0 Å². The summed E-state index contributed by atoms with van der Waals surface area (Å²) in [6.07, 6.45) is 0.114. The Kier molecular flexibility index (Phi) is 4.76. The van der Waals surface area contributed by atoms with Gasteiger partial charge in [0.1, 0.15) is 5.75 Å². The number of hydrogen-bond acceptors (Lipinski definition) is 3. The number of hydrogen-bond donors (Lipinski definition) is 0. The summed E-state index contributed by atoms with van der Waals surface area (Å²) in [7, 11) is 1.69. The van der Waals surface area contributed by atoms with Crippen LogP contribution >= 0.6 is 0 Å². The molecule has 1 aliphatic rings. The molecule has 1 aliphatic heterocycles. The van der Waals surface area contributed by atoms with Crippen molar-refractivity contribution in [2.75, 3.05) is 20.3 Å². The molecule has 116 valence electrons. The van der Waals surface area contributed by atoms with Crippen molar-refractivity contribution in [1.82, 2.24) is 4.90 Å². The summed E-state index contributed by atoms with van der Waals surface area (Å²) in [6.45, 7) is 4.96. The first-order valence-corrected chi connectivity index (χ1v) is 7.81. The maximum absolute atomic E-state index is 6.04. The summed E-state index contributed by atoms with van der Waals surface area (Å²) in [5.41, 5.74) is 2.57. The minimum atomic E-state index is 0.114. The van der Waals surface area contributed by atoms with Crippen LogP contribution in [0, 0.1) is 0 Å². The van der Waals surface area contributed by atoms with Gasteiger partial charge >= 0.3 is 0 Å². The fourth-order valence-electron chi connectivity index (χ4n) is 3.04. The molecule has 0 spiro atoms. The van der Waals surface area contributed by atoms with Gasteiger partial charge in [-0.05, 0) is 30.2 Å². The average molecular weight is 297 g/mol. The standard InChI is InChI=1S/C19H23NO2/c1-15-19(17-8-10-18(21-2)11-9-17)22-13-12-20(15)14-16-6-4-3-5-7-16/h3-11,15,19H,12-14H2,1-2H3. The molecular weight excluding hydrogens is 274 g/mol. The predicted molar refractivity (Wildman–Crippen MR) is 88.0 cm³/mol. The Bertz CT molecular complexity index is 582. The average Bonchev–Trinajstić information content (AvgIpc) is 2.58. The molecule has 0 aliphatic carbocycles. The van der Waals surface area contributed by atoms with Crippen LogP contribution in [-0.4, -0.2) is 31.2 Å². The number of nitrogens with zero attached hydrogens (tertiary/aromatic N) is 1. The molecule has 0 bridgehead atoms. The number of benzene rings is 2. The zero-order valence-electron chi connectivity index (χ0n) is 13.2. The Hall–Kier alpha value is -1.84. The van der Waals surface area contributed by atoms with Crippen molar-refractivity contribution >= 4 is 0 Å². The lowest BCUT2D eigenvalue weighted by atomic mass is 10.00. The normalized spacial score (nSPS) is 22.5. The highest BCUT2D eigenvalue weighted by Crippen LogP contribution is 2.30. The molecule has 3 heteroatoms. The summed E-state index contributed by atoms with van der Waals surface area (Å²) >= 11 is 0. The lowest BCUT2D eigenvalue weighted by Gasteiger charge is -2.39. The zero-order valence-corrected chi connectivity index (χ0v) is 13.2. The summed E-state index contributed by atoms with van der Waals surface area (Å²) in [6, 6.07) is 19.2. The molecule has 3 rings (SSSR count). The Balaban J connectivity index is 1.72. The van der Waals surface area contributed by atoms with E-state index in [2.05, 4.69) is 54.3 Å². The smallest absolute Gasteiger partial charge is 0.118 e. The van der Waals surface area contributed by atoms with Crippen molar-refractivity contribution in [2.24, 2.45) is 0 Å². The zero-order chi connectivity index (χ0) is 15.4. The SMILES string of the molecule is COc1ccc(C2OCCN(Cc3ccccc3)C2C)cc1. The molecule has 22 heavy (non-hydrogen) atoms. The first kappa shape index (κ1) is 15.1. The predicted octanol–water partition coefficient (Wildman–Crippen LogP) is 3.66. The van der Waals surface area contributed by atoms with Gasteiger partial charge in [-0.3, -0.25) is 4.90 Å². The van der Waals surface area contributed by atoms with Gasteiger partial charge < -0.3 is 9.47 Å². The molecule has 0 aromatic heterocycles. The molecule has 2 aromatic rings. The van der Waals surface area contributed by atoms with Crippen LogP contribution in [0.2, 0.25) is 0 Å². The van der Waals surface area contributed by atoms with Crippen molar-refractivity contribution in [2.45, 2.75) is 25.6 Å². The largest absolute Gasteiger partial charge is 0.497 e. The Morgan fingerprint density at radius 2 is 1.82 bits per heavy atom. The third-order valence-corrected chi connectivity index (χ3v) is 4.36. The monoisotopic (exact) mass is 297 g/mol. The number of rotatable bonds is 4. The van der Waals surface area contributed by atoms with Gasteiger partial charge in [-0.1, -0.05) is 42.5 Å². The third kappa shape index (κ3) is 3.32. The third-order valence-electron chi connectivity index (χ3n) is 4.36. The van der Waals surface area contributed by atoms with Gasteiger partial charge in [-0.25, -0.2) is 0 Å². The maximum atomic E-state index is 6.04. The second-order valence-corrected chi connectivity index (χ2v) is 5.76. The second-order valence-electron chi connectivity index (χ2n) is 5.76. The van der Waals surface area contributed by atoms with Crippen LogP contribution in [0.1, 0.15) is 24.2 Å². The lowest BCUT2D eigenvalue weighted by molar-refractivity contribution is -0.0702. The van der Waals surface area contributed by atoms with E-state index in [-0.39, 0.29) is 6.10 Å². The van der Waals surface area contributed by atoms with Crippen LogP contribution in [-0.2, 0) is 11.3 Å². The summed E-state index contributed by atoms with van der Waals surface area (Å²) < 4.78 is 11.3. The van der Waals surface area contributed by atoms with Gasteiger partial charge in [0, 0.05) is 19.1 Å². The van der Waals surface area contributed by atoms with E-state index in [1.165, 1.54) is 11.1 Å². The van der Waals surface area contributed by atoms with Crippen LogP contribution in [0.3, 0.4) is 0 Å². The van der Waals surface area contributed by atoms with E-state index in [4.69, 9.17) is 9.47 Å². The van der Waals surface area contributed by atoms with Crippen molar-refractivity contribution in [1.29, 1.82) is 0 Å². The summed E-state index contributed by atoms with van der Waals surface area (Å²) in [5.74, 6) is 0.883. The molecule has 2 aromatic carbocycles. The lowest BCUT2D eigenvalue weighted by Crippen LogP contribution is -2.44. The molecule has 0 saturated carbocycles. The van der Waals surface area contributed by atoms with E-state index in [1.807, 2.05) is 12.1 Å². The fourth-order valence-corrected chi connectivity index (χ4v) is 3.04. The van der Waals surface area contributed by atoms with Gasteiger partial charge in [0.05, 0.1) is 19.8 Å². The first-order chi connectivity index (χ1) is 10.8. The molecule has 1 saturated heterocycles. The van der Waals surface area contributed by atoms with Gasteiger partial charge in [-0.15, -0.1) is 0 Å². The Morgan fingerprint density at radius 3 is 2.50 bits per heavy atom. The molecular formula is C19H23NO2. The van der Waals surface area contributed by atoms with E-state index in [0.717, 1.165) is 25.4 Å². The number of morpholine rings is 1. The molecule has 0 radical (unpaired) electrons. The van der Waals surface area contributed by atoms with Crippen LogP contribution in [0.15, 0.2) is 54.6 Å². The highest BCUT2D eigenvalue weighted by Gasteiger charge is 2.29. The van der Waals surface area contributed by atoms with E-state index >= 15 is 0 Å². The van der Waals surface area contributed by atoms with E-state index in [9.17, 15) is 0 Å².